The number of esters is 4. The second-order valence-electron chi connectivity index (χ2n) is 11.8. The average Bonchev–Trinajstić information content (AvgIpc) is 3.00. The zero-order chi connectivity index (χ0) is 39.7. The van der Waals surface area contributed by atoms with Crippen molar-refractivity contribution < 1.29 is 75.2 Å². The molecule has 1 unspecified atom stereocenters. The standard InChI is InChI=1S/C31H47F3N4O13/c1-10-48-24(42)20(36-21(39)14-13-19(23(41)47-9)37-25(43)31(32,33)34)15-17(4)16-30(26(44)49-11-2,27(45)50-12-3)38-22(40)18(5)35-28(46)51-29(6,7)8/h18-20H,4,10-16H2,1-3,5-9H3,(H,35,46)(H,36,39)(H,37,43)(H,38,40)/t18-,19+,20?/m0/s1. The zero-order valence-electron chi connectivity index (χ0n) is 29.8. The topological polar surface area (TPSA) is 231 Å². The molecule has 0 saturated heterocycles. The molecule has 20 heteroatoms. The molecule has 0 saturated carbocycles. The van der Waals surface area contributed by atoms with E-state index in [0.29, 0.717) is 0 Å². The Morgan fingerprint density at radius 2 is 1.29 bits per heavy atom. The van der Waals surface area contributed by atoms with Gasteiger partial charge in [0.15, 0.2) is 0 Å². The number of methoxy groups -OCH3 is 1. The third-order valence-corrected chi connectivity index (χ3v) is 6.33. The van der Waals surface area contributed by atoms with Crippen molar-refractivity contribution in [2.45, 2.75) is 110 Å². The third kappa shape index (κ3) is 16.1. The molecule has 290 valence electrons. The third-order valence-electron chi connectivity index (χ3n) is 6.33. The van der Waals surface area contributed by atoms with E-state index in [0.717, 1.165) is 7.11 Å². The van der Waals surface area contributed by atoms with Gasteiger partial charge >= 0.3 is 42.1 Å². The molecule has 0 aliphatic rings. The van der Waals surface area contributed by atoms with Gasteiger partial charge in [-0.1, -0.05) is 12.2 Å². The summed E-state index contributed by atoms with van der Waals surface area (Å²) in [6, 6.07) is -4.83. The van der Waals surface area contributed by atoms with Crippen LogP contribution in [0.25, 0.3) is 0 Å². The van der Waals surface area contributed by atoms with Crippen LogP contribution < -0.4 is 21.3 Å². The van der Waals surface area contributed by atoms with Crippen molar-refractivity contribution in [2.24, 2.45) is 0 Å². The lowest BCUT2D eigenvalue weighted by Gasteiger charge is -2.32. The molecule has 0 aromatic heterocycles. The number of nitrogens with one attached hydrogen (secondary N) is 4. The van der Waals surface area contributed by atoms with Gasteiger partial charge in [0.2, 0.25) is 17.4 Å². The average molecular weight is 741 g/mol. The van der Waals surface area contributed by atoms with Gasteiger partial charge in [-0.2, -0.15) is 13.2 Å². The summed E-state index contributed by atoms with van der Waals surface area (Å²) in [5.41, 5.74) is -3.65. The molecule has 0 aliphatic heterocycles. The van der Waals surface area contributed by atoms with E-state index in [2.05, 4.69) is 27.3 Å². The van der Waals surface area contributed by atoms with Crippen LogP contribution in [0.4, 0.5) is 18.0 Å². The minimum Gasteiger partial charge on any atom is -0.467 e. The summed E-state index contributed by atoms with van der Waals surface area (Å²) in [5, 5.41) is 8.24. The Bertz CT molecular complexity index is 1280. The number of halogens is 3. The molecule has 17 nitrogen and oxygen atoms in total. The number of alkyl halides is 3. The van der Waals surface area contributed by atoms with E-state index >= 15 is 0 Å². The lowest BCUT2D eigenvalue weighted by Crippen LogP contribution is -2.64. The summed E-state index contributed by atoms with van der Waals surface area (Å²) in [5.74, 6) is -9.37. The first kappa shape index (κ1) is 46.1. The van der Waals surface area contributed by atoms with Gasteiger partial charge in [-0.05, 0) is 61.3 Å². The Labute approximate surface area is 293 Å². The first-order chi connectivity index (χ1) is 23.5. The number of ether oxygens (including phenoxy) is 5. The summed E-state index contributed by atoms with van der Waals surface area (Å²) >= 11 is 0. The second kappa shape index (κ2) is 20.7. The van der Waals surface area contributed by atoms with Crippen molar-refractivity contribution in [3.63, 3.8) is 0 Å². The number of hydrogen-bond donors (Lipinski definition) is 4. The van der Waals surface area contributed by atoms with Crippen LogP contribution >= 0.6 is 0 Å². The smallest absolute Gasteiger partial charge is 0.467 e. The highest BCUT2D eigenvalue weighted by atomic mass is 19.4. The first-order valence-electron chi connectivity index (χ1n) is 15.7. The SMILES string of the molecule is C=C(CC(NC(=O)CC[C@@H](NC(=O)C(F)(F)F)C(=O)OC)C(=O)OCC)CC(NC(=O)[C@H](C)NC(=O)OC(C)(C)C)(C(=O)OCC)C(=O)OCC. The number of carbonyl (C=O) groups excluding carboxylic acids is 8. The quantitative estimate of drug-likeness (QED) is 0.0634. The predicted molar refractivity (Wildman–Crippen MR) is 169 cm³/mol. The number of amides is 4. The molecular formula is C31H47F3N4O13. The molecule has 0 aromatic carbocycles. The maximum atomic E-state index is 13.4. The van der Waals surface area contributed by atoms with Crippen LogP contribution in [0.1, 0.15) is 74.1 Å². The van der Waals surface area contributed by atoms with Crippen molar-refractivity contribution in [1.29, 1.82) is 0 Å². The summed E-state index contributed by atoms with van der Waals surface area (Å²) < 4.78 is 62.9. The molecular weight excluding hydrogens is 693 g/mol. The van der Waals surface area contributed by atoms with Crippen LogP contribution in [-0.4, -0.2) is 110 Å². The molecule has 0 aromatic rings. The van der Waals surface area contributed by atoms with Crippen LogP contribution in [0.3, 0.4) is 0 Å². The van der Waals surface area contributed by atoms with Gasteiger partial charge in [-0.25, -0.2) is 24.0 Å². The maximum Gasteiger partial charge on any atom is 0.471 e. The van der Waals surface area contributed by atoms with Crippen LogP contribution in [0, 0.1) is 0 Å². The van der Waals surface area contributed by atoms with Gasteiger partial charge in [-0.3, -0.25) is 14.4 Å². The number of carbonyl (C=O) groups is 8. The Morgan fingerprint density at radius 1 is 0.765 bits per heavy atom. The van der Waals surface area contributed by atoms with E-state index in [1.54, 1.807) is 20.8 Å². The summed E-state index contributed by atoms with van der Waals surface area (Å²) in [7, 11) is 0.852. The van der Waals surface area contributed by atoms with Crippen molar-refractivity contribution in [3.05, 3.63) is 12.2 Å². The Hall–Kier alpha value is -4.91. The highest BCUT2D eigenvalue weighted by Gasteiger charge is 2.51. The van der Waals surface area contributed by atoms with Gasteiger partial charge in [0.1, 0.15) is 23.7 Å². The van der Waals surface area contributed by atoms with E-state index < -0.39 is 109 Å². The van der Waals surface area contributed by atoms with Gasteiger partial charge in [0.05, 0.1) is 26.9 Å². The fourth-order valence-electron chi connectivity index (χ4n) is 4.10. The monoisotopic (exact) mass is 740 g/mol. The van der Waals surface area contributed by atoms with Crippen molar-refractivity contribution in [2.75, 3.05) is 26.9 Å². The van der Waals surface area contributed by atoms with E-state index in [-0.39, 0.29) is 25.4 Å². The minimum atomic E-state index is -5.33. The number of hydrogen-bond acceptors (Lipinski definition) is 13. The largest absolute Gasteiger partial charge is 0.471 e. The molecule has 0 spiro atoms. The van der Waals surface area contributed by atoms with Crippen LogP contribution in [0.5, 0.6) is 0 Å². The molecule has 0 bridgehead atoms. The number of rotatable bonds is 19. The Kier molecular flexibility index (Phi) is 18.7. The lowest BCUT2D eigenvalue weighted by atomic mass is 9.87. The molecule has 0 aliphatic carbocycles. The second-order valence-corrected chi connectivity index (χ2v) is 11.8. The first-order valence-corrected chi connectivity index (χ1v) is 15.7. The molecule has 51 heavy (non-hydrogen) atoms. The van der Waals surface area contributed by atoms with Gasteiger partial charge in [0.25, 0.3) is 0 Å². The fraction of sp³-hybridized carbons (Fsp3) is 0.677. The van der Waals surface area contributed by atoms with Crippen LogP contribution in [0.2, 0.25) is 0 Å². The van der Waals surface area contributed by atoms with Gasteiger partial charge < -0.3 is 45.0 Å². The maximum absolute atomic E-state index is 13.4. The lowest BCUT2D eigenvalue weighted by molar-refractivity contribution is -0.175. The van der Waals surface area contributed by atoms with E-state index in [1.807, 2.05) is 0 Å². The summed E-state index contributed by atoms with van der Waals surface area (Å²) in [6.45, 7) is 13.4. The minimum absolute atomic E-state index is 0.118. The van der Waals surface area contributed by atoms with Crippen molar-refractivity contribution >= 4 is 47.7 Å². The van der Waals surface area contributed by atoms with Crippen LogP contribution in [0.15, 0.2) is 12.2 Å². The highest BCUT2D eigenvalue weighted by molar-refractivity contribution is 6.09. The molecule has 4 N–H and O–H groups in total. The van der Waals surface area contributed by atoms with Gasteiger partial charge in [-0.15, -0.1) is 0 Å². The fourth-order valence-corrected chi connectivity index (χ4v) is 4.10. The van der Waals surface area contributed by atoms with E-state index in [1.165, 1.54) is 33.0 Å². The van der Waals surface area contributed by atoms with E-state index in [9.17, 15) is 51.5 Å². The number of alkyl carbamates (subject to hydrolysis) is 1. The van der Waals surface area contributed by atoms with Crippen LogP contribution in [-0.2, 0) is 57.2 Å². The Balaban J connectivity index is 6.32. The molecule has 3 atom stereocenters. The van der Waals surface area contributed by atoms with Crippen molar-refractivity contribution in [1.82, 2.24) is 21.3 Å². The molecule has 0 fully saturated rings. The predicted octanol–water partition coefficient (Wildman–Crippen LogP) is 1.27. The molecule has 0 rings (SSSR count). The molecule has 4 amide bonds. The zero-order valence-corrected chi connectivity index (χ0v) is 29.8. The molecule has 0 radical (unpaired) electrons. The summed E-state index contributed by atoms with van der Waals surface area (Å²) in [6.07, 6.45) is -8.98. The molecule has 0 heterocycles. The highest BCUT2D eigenvalue weighted by Crippen LogP contribution is 2.25. The van der Waals surface area contributed by atoms with Crippen molar-refractivity contribution in [3.8, 4) is 0 Å². The Morgan fingerprint density at radius 3 is 1.75 bits per heavy atom. The summed E-state index contributed by atoms with van der Waals surface area (Å²) in [4.78, 5) is 101. The van der Waals surface area contributed by atoms with E-state index in [4.69, 9.17) is 18.9 Å². The normalized spacial score (nSPS) is 13.2. The van der Waals surface area contributed by atoms with Gasteiger partial charge in [0, 0.05) is 12.8 Å².